The quantitative estimate of drug-likeness (QED) is 0.492. The zero-order valence-corrected chi connectivity index (χ0v) is 18.7. The first-order valence-electron chi connectivity index (χ1n) is 10.9. The lowest BCUT2D eigenvalue weighted by Crippen LogP contribution is -2.32. The summed E-state index contributed by atoms with van der Waals surface area (Å²) in [7, 11) is 0. The fourth-order valence-electron chi connectivity index (χ4n) is 4.20. The molecule has 1 aliphatic heterocycles. The minimum atomic E-state index is -0.284. The molecular formula is C26H31NO3. The Labute approximate surface area is 178 Å². The second-order valence-electron chi connectivity index (χ2n) is 9.33. The van der Waals surface area contributed by atoms with Crippen molar-refractivity contribution in [2.45, 2.75) is 65.8 Å². The van der Waals surface area contributed by atoms with Gasteiger partial charge in [0.1, 0.15) is 11.3 Å². The molecule has 30 heavy (non-hydrogen) atoms. The third-order valence-electron chi connectivity index (χ3n) is 6.00. The van der Waals surface area contributed by atoms with E-state index in [1.807, 2.05) is 6.92 Å². The average Bonchev–Trinajstić information content (AvgIpc) is 2.72. The number of fused-ring (bicyclic) bond motifs is 2. The lowest BCUT2D eigenvalue weighted by Gasteiger charge is -2.32. The summed E-state index contributed by atoms with van der Waals surface area (Å²) < 4.78 is 11.7. The molecule has 1 aromatic heterocycles. The van der Waals surface area contributed by atoms with Gasteiger partial charge in [-0.1, -0.05) is 46.2 Å². The van der Waals surface area contributed by atoms with E-state index in [1.54, 1.807) is 6.07 Å². The van der Waals surface area contributed by atoms with Gasteiger partial charge < -0.3 is 14.1 Å². The fourth-order valence-corrected chi connectivity index (χ4v) is 4.20. The molecule has 0 saturated heterocycles. The Balaban J connectivity index is 1.71. The van der Waals surface area contributed by atoms with Gasteiger partial charge in [0.25, 0.3) is 0 Å². The molecule has 2 aromatic carbocycles. The Hall–Kier alpha value is -2.75. The Bertz CT molecular complexity index is 1120. The highest BCUT2D eigenvalue weighted by atomic mass is 16.5. The van der Waals surface area contributed by atoms with Crippen molar-refractivity contribution >= 4 is 16.7 Å². The van der Waals surface area contributed by atoms with E-state index in [1.165, 1.54) is 5.56 Å². The number of rotatable bonds is 4. The maximum absolute atomic E-state index is 12.1. The first kappa shape index (κ1) is 20.5. The van der Waals surface area contributed by atoms with E-state index in [4.69, 9.17) is 9.15 Å². The Morgan fingerprint density at radius 1 is 1.10 bits per heavy atom. The molecule has 3 aromatic rings. The van der Waals surface area contributed by atoms with Crippen molar-refractivity contribution in [3.63, 3.8) is 0 Å². The zero-order valence-electron chi connectivity index (χ0n) is 18.7. The third-order valence-corrected chi connectivity index (χ3v) is 6.00. The highest BCUT2D eigenvalue weighted by Gasteiger charge is 2.24. The highest BCUT2D eigenvalue weighted by Crippen LogP contribution is 2.37. The summed E-state index contributed by atoms with van der Waals surface area (Å²) in [4.78, 5) is 14.3. The predicted molar refractivity (Wildman–Crippen MR) is 123 cm³/mol. The van der Waals surface area contributed by atoms with Crippen LogP contribution in [0.4, 0.5) is 5.69 Å². The van der Waals surface area contributed by atoms with E-state index in [2.05, 4.69) is 62.9 Å². The van der Waals surface area contributed by atoms with Crippen molar-refractivity contribution in [3.05, 3.63) is 69.1 Å². The number of aryl methyl sites for hydroxylation is 2. The van der Waals surface area contributed by atoms with Crippen molar-refractivity contribution in [2.24, 2.45) is 0 Å². The number of hydrogen-bond donors (Lipinski definition) is 0. The largest absolute Gasteiger partial charge is 0.472 e. The number of unbranched alkanes of at least 4 members (excludes halogenated alkanes) is 1. The van der Waals surface area contributed by atoms with Crippen LogP contribution < -0.4 is 15.3 Å². The Morgan fingerprint density at radius 3 is 2.50 bits per heavy atom. The third kappa shape index (κ3) is 3.83. The van der Waals surface area contributed by atoms with Crippen LogP contribution in [0.1, 0.15) is 62.8 Å². The lowest BCUT2D eigenvalue weighted by molar-refractivity contribution is 0.287. The number of anilines is 1. The molecule has 0 aliphatic carbocycles. The molecule has 158 valence electrons. The van der Waals surface area contributed by atoms with Crippen LogP contribution in [0.5, 0.6) is 5.75 Å². The van der Waals surface area contributed by atoms with Gasteiger partial charge >= 0.3 is 5.63 Å². The van der Waals surface area contributed by atoms with Crippen molar-refractivity contribution in [2.75, 3.05) is 11.6 Å². The molecule has 0 bridgehead atoms. The van der Waals surface area contributed by atoms with Crippen molar-refractivity contribution in [1.29, 1.82) is 0 Å². The topological polar surface area (TPSA) is 42.7 Å². The van der Waals surface area contributed by atoms with E-state index in [9.17, 15) is 4.79 Å². The second-order valence-corrected chi connectivity index (χ2v) is 9.33. The normalized spacial score (nSPS) is 14.0. The van der Waals surface area contributed by atoms with E-state index in [0.717, 1.165) is 59.3 Å². The Morgan fingerprint density at radius 2 is 1.83 bits per heavy atom. The van der Waals surface area contributed by atoms with Gasteiger partial charge in [-0.2, -0.15) is 0 Å². The maximum atomic E-state index is 12.1. The number of benzene rings is 2. The van der Waals surface area contributed by atoms with Crippen LogP contribution in [0.2, 0.25) is 0 Å². The Kier molecular flexibility index (Phi) is 5.35. The van der Waals surface area contributed by atoms with Gasteiger partial charge in [-0.05, 0) is 54.5 Å². The minimum absolute atomic E-state index is 0.137. The van der Waals surface area contributed by atoms with Crippen LogP contribution in [0.15, 0.2) is 45.6 Å². The second kappa shape index (κ2) is 7.82. The predicted octanol–water partition coefficient (Wildman–Crippen LogP) is 6.10. The fraction of sp³-hybridized carbons (Fsp3) is 0.423. The van der Waals surface area contributed by atoms with Crippen molar-refractivity contribution in [1.82, 2.24) is 0 Å². The summed E-state index contributed by atoms with van der Waals surface area (Å²) in [5, 5.41) is 1.04. The summed E-state index contributed by atoms with van der Waals surface area (Å²) in [6, 6.07) is 12.6. The van der Waals surface area contributed by atoms with Crippen LogP contribution in [-0.4, -0.2) is 6.73 Å². The molecule has 0 atom stereocenters. The maximum Gasteiger partial charge on any atom is 0.336 e. The molecule has 0 N–H and O–H groups in total. The van der Waals surface area contributed by atoms with Crippen LogP contribution in [-0.2, 0) is 18.4 Å². The first-order valence-corrected chi connectivity index (χ1v) is 10.9. The molecule has 0 unspecified atom stereocenters. The molecule has 1 aliphatic rings. The molecule has 0 spiro atoms. The zero-order chi connectivity index (χ0) is 21.5. The summed E-state index contributed by atoms with van der Waals surface area (Å²) in [5.41, 5.74) is 6.11. The SMILES string of the molecule is CCCCc1cc(=O)oc2c(C)c3c(cc12)CN(c1ccc(C(C)(C)C)cc1)CO3. The van der Waals surface area contributed by atoms with E-state index >= 15 is 0 Å². The van der Waals surface area contributed by atoms with Crippen LogP contribution >= 0.6 is 0 Å². The van der Waals surface area contributed by atoms with Gasteiger partial charge in [0.15, 0.2) is 6.73 Å². The molecule has 2 heterocycles. The van der Waals surface area contributed by atoms with Crippen LogP contribution in [0.3, 0.4) is 0 Å². The standard InChI is InChI=1S/C26H31NO3/c1-6-7-8-18-14-23(28)30-25-17(2)24-19(13-22(18)25)15-27(16-29-24)21-11-9-20(10-12-21)26(3,4)5/h9-14H,6-8,15-16H2,1-5H3. The average molecular weight is 406 g/mol. The molecule has 0 radical (unpaired) electrons. The number of nitrogens with zero attached hydrogens (tertiary/aromatic N) is 1. The summed E-state index contributed by atoms with van der Waals surface area (Å²) in [6.45, 7) is 12.1. The molecule has 4 heteroatoms. The summed E-state index contributed by atoms with van der Waals surface area (Å²) >= 11 is 0. The van der Waals surface area contributed by atoms with E-state index in [-0.39, 0.29) is 11.0 Å². The van der Waals surface area contributed by atoms with E-state index in [0.29, 0.717) is 12.3 Å². The van der Waals surface area contributed by atoms with Crippen LogP contribution in [0, 0.1) is 6.92 Å². The summed E-state index contributed by atoms with van der Waals surface area (Å²) in [6.07, 6.45) is 3.03. The molecule has 0 amide bonds. The molecule has 0 fully saturated rings. The van der Waals surface area contributed by atoms with Gasteiger partial charge in [-0.25, -0.2) is 4.79 Å². The van der Waals surface area contributed by atoms with E-state index < -0.39 is 0 Å². The first-order chi connectivity index (χ1) is 14.3. The van der Waals surface area contributed by atoms with Crippen molar-refractivity contribution in [3.8, 4) is 5.75 Å². The summed E-state index contributed by atoms with van der Waals surface area (Å²) in [5.74, 6) is 0.848. The van der Waals surface area contributed by atoms with Gasteiger partial charge in [-0.15, -0.1) is 0 Å². The monoisotopic (exact) mass is 405 g/mol. The number of ether oxygens (including phenoxy) is 1. The lowest BCUT2D eigenvalue weighted by atomic mass is 9.87. The molecule has 0 saturated carbocycles. The van der Waals surface area contributed by atoms with Crippen molar-refractivity contribution < 1.29 is 9.15 Å². The van der Waals surface area contributed by atoms with Crippen LogP contribution in [0.25, 0.3) is 11.0 Å². The van der Waals surface area contributed by atoms with Gasteiger partial charge in [0.05, 0.1) is 0 Å². The van der Waals surface area contributed by atoms with Gasteiger partial charge in [-0.3, -0.25) is 0 Å². The highest BCUT2D eigenvalue weighted by molar-refractivity contribution is 5.86. The molecule has 4 nitrogen and oxygen atoms in total. The molecule has 4 rings (SSSR count). The minimum Gasteiger partial charge on any atom is -0.472 e. The van der Waals surface area contributed by atoms with Gasteiger partial charge in [0.2, 0.25) is 0 Å². The number of hydrogen-bond acceptors (Lipinski definition) is 4. The smallest absolute Gasteiger partial charge is 0.336 e. The van der Waals surface area contributed by atoms with Gasteiger partial charge in [0, 0.05) is 34.8 Å². The molecular weight excluding hydrogens is 374 g/mol.